The summed E-state index contributed by atoms with van der Waals surface area (Å²) in [5.74, 6) is -0.343. The van der Waals surface area contributed by atoms with Crippen LogP contribution in [0.15, 0.2) is 82.0 Å². The van der Waals surface area contributed by atoms with Gasteiger partial charge in [-0.1, -0.05) is 12.1 Å². The molecule has 10 heteroatoms. The van der Waals surface area contributed by atoms with Crippen molar-refractivity contribution in [3.8, 4) is 0 Å². The summed E-state index contributed by atoms with van der Waals surface area (Å²) in [6.07, 6.45) is 5.78. The molecule has 0 saturated heterocycles. The van der Waals surface area contributed by atoms with E-state index in [0.717, 1.165) is 41.7 Å². The van der Waals surface area contributed by atoms with E-state index in [1.165, 1.54) is 35.5 Å². The molecule has 1 amide bonds. The fourth-order valence-electron chi connectivity index (χ4n) is 4.70. The number of rotatable bonds is 5. The lowest BCUT2D eigenvalue weighted by atomic mass is 9.77. The number of carbonyl (C=O) groups is 1. The van der Waals surface area contributed by atoms with Crippen molar-refractivity contribution in [3.05, 3.63) is 110 Å². The lowest BCUT2D eigenvalue weighted by Crippen LogP contribution is -2.31. The Labute approximate surface area is 199 Å². The minimum Gasteiger partial charge on any atom is -0.459 e. The molecule has 1 aliphatic heterocycles. The highest BCUT2D eigenvalue weighted by Gasteiger charge is 2.44. The van der Waals surface area contributed by atoms with Crippen LogP contribution < -0.4 is 0 Å². The molecule has 3 aromatic rings. The minimum absolute atomic E-state index is 0.0142. The van der Waals surface area contributed by atoms with Gasteiger partial charge in [-0.2, -0.15) is 5.10 Å². The highest BCUT2D eigenvalue weighted by Crippen LogP contribution is 2.45. The van der Waals surface area contributed by atoms with E-state index in [0.29, 0.717) is 0 Å². The van der Waals surface area contributed by atoms with E-state index < -0.39 is 21.8 Å². The summed E-state index contributed by atoms with van der Waals surface area (Å²) in [5.41, 5.74) is 3.27. The zero-order valence-electron chi connectivity index (χ0n) is 18.4. The van der Waals surface area contributed by atoms with Crippen molar-refractivity contribution in [2.75, 3.05) is 0 Å². The van der Waals surface area contributed by atoms with Gasteiger partial charge in [0, 0.05) is 30.2 Å². The number of amides is 1. The Balaban J connectivity index is 1.54. The highest BCUT2D eigenvalue weighted by atomic mass is 16.6. The molecular weight excluding hydrogens is 452 g/mol. The minimum atomic E-state index is -0.461. The molecule has 1 aromatic heterocycles. The number of non-ortho nitro benzene ring substituents is 2. The number of hydrazone groups is 1. The average molecular weight is 472 g/mol. The normalized spacial score (nSPS) is 20.4. The lowest BCUT2D eigenvalue weighted by Gasteiger charge is -2.29. The summed E-state index contributed by atoms with van der Waals surface area (Å²) in [6, 6.07) is 15.2. The van der Waals surface area contributed by atoms with Crippen LogP contribution in [-0.2, 0) is 0 Å². The van der Waals surface area contributed by atoms with Gasteiger partial charge < -0.3 is 4.42 Å². The Morgan fingerprint density at radius 1 is 1.00 bits per heavy atom. The molecule has 1 saturated carbocycles. The number of nitrogens with zero attached hydrogens (tertiary/aromatic N) is 4. The highest BCUT2D eigenvalue weighted by molar-refractivity contribution is 6.09. The molecule has 1 aliphatic carbocycles. The summed E-state index contributed by atoms with van der Waals surface area (Å²) in [4.78, 5) is 34.5. The maximum atomic E-state index is 13.3. The first-order valence-corrected chi connectivity index (χ1v) is 11.1. The Morgan fingerprint density at radius 2 is 1.66 bits per heavy atom. The van der Waals surface area contributed by atoms with Gasteiger partial charge in [0.15, 0.2) is 5.76 Å². The second kappa shape index (κ2) is 8.98. The summed E-state index contributed by atoms with van der Waals surface area (Å²) >= 11 is 0. The maximum absolute atomic E-state index is 13.3. The number of hydrogen-bond acceptors (Lipinski definition) is 7. The van der Waals surface area contributed by atoms with Gasteiger partial charge in [-0.3, -0.25) is 25.0 Å². The fourth-order valence-corrected chi connectivity index (χ4v) is 4.70. The third-order valence-electron chi connectivity index (χ3n) is 6.33. The van der Waals surface area contributed by atoms with Gasteiger partial charge in [-0.05, 0) is 66.3 Å². The predicted octanol–water partition coefficient (Wildman–Crippen LogP) is 5.53. The van der Waals surface area contributed by atoms with Crippen LogP contribution in [0.25, 0.3) is 6.08 Å². The molecule has 0 spiro atoms. The second-order valence-corrected chi connectivity index (χ2v) is 8.42. The SMILES string of the molecule is O=C(c1ccco1)N1N=C2/C(=C/c3ccc([N+](=O)[O-])cc3)CCC[C@@H]2[C@@H]1c1ccc([N+](=O)[O-])cc1. The van der Waals surface area contributed by atoms with E-state index >= 15 is 0 Å². The molecule has 2 atom stereocenters. The summed E-state index contributed by atoms with van der Waals surface area (Å²) in [6.45, 7) is 0. The standard InChI is InChI=1S/C25H20N4O6/c30-25(22-5-2-14-35-22)27-24(17-8-12-20(13-9-17)29(33)34)21-4-1-3-18(23(21)26-27)15-16-6-10-19(11-7-16)28(31)32/h2,5-15,21,24H,1,3-4H2/b18-15+/t21-,24-/m0/s1. The largest absolute Gasteiger partial charge is 0.459 e. The number of nitro groups is 2. The number of furan rings is 1. The van der Waals surface area contributed by atoms with Crippen molar-refractivity contribution in [1.29, 1.82) is 0 Å². The zero-order valence-corrected chi connectivity index (χ0v) is 18.4. The van der Waals surface area contributed by atoms with Gasteiger partial charge >= 0.3 is 5.91 Å². The van der Waals surface area contributed by atoms with Gasteiger partial charge in [-0.25, -0.2) is 5.01 Å². The van der Waals surface area contributed by atoms with Crippen LogP contribution in [0.2, 0.25) is 0 Å². The quantitative estimate of drug-likeness (QED) is 0.354. The summed E-state index contributed by atoms with van der Waals surface area (Å²) < 4.78 is 5.33. The third kappa shape index (κ3) is 4.21. The van der Waals surface area contributed by atoms with Crippen LogP contribution in [0.1, 0.15) is 47.0 Å². The molecule has 1 fully saturated rings. The van der Waals surface area contributed by atoms with Crippen LogP contribution in [0, 0.1) is 26.1 Å². The van der Waals surface area contributed by atoms with E-state index in [-0.39, 0.29) is 23.1 Å². The van der Waals surface area contributed by atoms with Crippen molar-refractivity contribution in [1.82, 2.24) is 5.01 Å². The molecule has 176 valence electrons. The molecular formula is C25H20N4O6. The Kier molecular flexibility index (Phi) is 5.69. The molecule has 0 bridgehead atoms. The Morgan fingerprint density at radius 3 is 2.26 bits per heavy atom. The maximum Gasteiger partial charge on any atom is 0.310 e. The zero-order chi connectivity index (χ0) is 24.5. The van der Waals surface area contributed by atoms with Gasteiger partial charge in [0.1, 0.15) is 0 Å². The van der Waals surface area contributed by atoms with Gasteiger partial charge in [0.25, 0.3) is 11.4 Å². The molecule has 0 N–H and O–H groups in total. The van der Waals surface area contributed by atoms with E-state index in [1.54, 1.807) is 36.4 Å². The number of nitro benzene ring substituents is 2. The van der Waals surface area contributed by atoms with Crippen LogP contribution in [0.4, 0.5) is 11.4 Å². The smallest absolute Gasteiger partial charge is 0.310 e. The number of hydrogen-bond donors (Lipinski definition) is 0. The first kappa shape index (κ1) is 22.2. The second-order valence-electron chi connectivity index (χ2n) is 8.42. The predicted molar refractivity (Wildman–Crippen MR) is 127 cm³/mol. The fraction of sp³-hybridized carbons (Fsp3) is 0.200. The number of allylic oxidation sites excluding steroid dienone is 1. The van der Waals surface area contributed by atoms with Gasteiger partial charge in [-0.15, -0.1) is 0 Å². The first-order chi connectivity index (χ1) is 16.9. The van der Waals surface area contributed by atoms with E-state index in [1.807, 2.05) is 6.08 Å². The van der Waals surface area contributed by atoms with Crippen LogP contribution in [0.3, 0.4) is 0 Å². The van der Waals surface area contributed by atoms with E-state index in [9.17, 15) is 25.0 Å². The first-order valence-electron chi connectivity index (χ1n) is 11.1. The van der Waals surface area contributed by atoms with Crippen LogP contribution >= 0.6 is 0 Å². The number of carbonyl (C=O) groups excluding carboxylic acids is 1. The molecule has 0 radical (unpaired) electrons. The molecule has 2 aliphatic rings. The van der Waals surface area contributed by atoms with Gasteiger partial charge in [0.05, 0.1) is 27.9 Å². The third-order valence-corrected chi connectivity index (χ3v) is 6.33. The van der Waals surface area contributed by atoms with Crippen LogP contribution in [0.5, 0.6) is 0 Å². The average Bonchev–Trinajstić information content (AvgIpc) is 3.53. The van der Waals surface area contributed by atoms with E-state index in [4.69, 9.17) is 9.52 Å². The molecule has 2 aromatic carbocycles. The van der Waals surface area contributed by atoms with E-state index in [2.05, 4.69) is 0 Å². The summed E-state index contributed by atoms with van der Waals surface area (Å²) in [5, 5.41) is 28.2. The van der Waals surface area contributed by atoms with Crippen molar-refractivity contribution in [2.45, 2.75) is 25.3 Å². The van der Waals surface area contributed by atoms with Crippen LogP contribution in [-0.4, -0.2) is 26.5 Å². The van der Waals surface area contributed by atoms with Gasteiger partial charge in [0.2, 0.25) is 0 Å². The Hall–Kier alpha value is -4.60. The molecule has 5 rings (SSSR count). The monoisotopic (exact) mass is 472 g/mol. The summed E-state index contributed by atoms with van der Waals surface area (Å²) in [7, 11) is 0. The molecule has 2 heterocycles. The number of benzene rings is 2. The molecule has 35 heavy (non-hydrogen) atoms. The van der Waals surface area contributed by atoms with Crippen molar-refractivity contribution >= 4 is 29.1 Å². The molecule has 0 unspecified atom stereocenters. The number of fused-ring (bicyclic) bond motifs is 1. The lowest BCUT2D eigenvalue weighted by molar-refractivity contribution is -0.385. The topological polar surface area (TPSA) is 132 Å². The molecule has 10 nitrogen and oxygen atoms in total. The Bertz CT molecular complexity index is 1340. The van der Waals surface area contributed by atoms with Crippen molar-refractivity contribution in [2.24, 2.45) is 11.0 Å². The van der Waals surface area contributed by atoms with Crippen molar-refractivity contribution < 1.29 is 19.1 Å². The van der Waals surface area contributed by atoms with Crippen molar-refractivity contribution in [3.63, 3.8) is 0 Å².